The van der Waals surface area contributed by atoms with Crippen LogP contribution < -0.4 is 11.1 Å². The second kappa shape index (κ2) is 4.79. The zero-order chi connectivity index (χ0) is 8.81. The van der Waals surface area contributed by atoms with Gasteiger partial charge in [-0.1, -0.05) is 0 Å². The number of pyridine rings is 1. The average molecular weight is 169 g/mol. The summed E-state index contributed by atoms with van der Waals surface area (Å²) in [5, 5.41) is 3.00. The van der Waals surface area contributed by atoms with Crippen molar-refractivity contribution < 1.29 is 4.39 Å². The second-order valence-electron chi connectivity index (χ2n) is 2.43. The number of nitrogens with one attached hydrogen (secondary N) is 1. The molecule has 0 aliphatic rings. The Labute approximate surface area is 70.8 Å². The smallest absolute Gasteiger partial charge is 0.145 e. The van der Waals surface area contributed by atoms with Crippen LogP contribution in [0.5, 0.6) is 0 Å². The Kier molecular flexibility index (Phi) is 3.63. The molecule has 4 heteroatoms. The highest BCUT2D eigenvalue weighted by Crippen LogP contribution is 2.02. The Balaban J connectivity index is 2.46. The molecule has 0 aliphatic carbocycles. The number of hydrogen-bond donors (Lipinski definition) is 2. The van der Waals surface area contributed by atoms with E-state index in [0.29, 0.717) is 25.2 Å². The Morgan fingerprint density at radius 3 is 3.08 bits per heavy atom. The maximum atomic E-state index is 12.9. The lowest BCUT2D eigenvalue weighted by atomic mass is 10.2. The Morgan fingerprint density at radius 1 is 1.58 bits per heavy atom. The van der Waals surface area contributed by atoms with Crippen LogP contribution in [0.1, 0.15) is 5.56 Å². The summed E-state index contributed by atoms with van der Waals surface area (Å²) >= 11 is 0. The average Bonchev–Trinajstić information content (AvgIpc) is 2.09. The van der Waals surface area contributed by atoms with Crippen molar-refractivity contribution in [2.75, 3.05) is 13.1 Å². The number of rotatable bonds is 4. The molecule has 3 N–H and O–H groups in total. The number of nitrogens with two attached hydrogens (primary N) is 1. The molecule has 1 aromatic heterocycles. The van der Waals surface area contributed by atoms with E-state index < -0.39 is 0 Å². The van der Waals surface area contributed by atoms with Crippen LogP contribution in [0, 0.1) is 5.82 Å². The molecule has 0 saturated carbocycles. The summed E-state index contributed by atoms with van der Waals surface area (Å²) in [7, 11) is 0. The highest BCUT2D eigenvalue weighted by Gasteiger charge is 1.98. The van der Waals surface area contributed by atoms with Gasteiger partial charge in [-0.15, -0.1) is 0 Å². The fourth-order valence-corrected chi connectivity index (χ4v) is 0.872. The van der Waals surface area contributed by atoms with Crippen molar-refractivity contribution in [2.24, 2.45) is 5.73 Å². The first-order chi connectivity index (χ1) is 5.84. The monoisotopic (exact) mass is 169 g/mol. The minimum atomic E-state index is -0.276. The summed E-state index contributed by atoms with van der Waals surface area (Å²) in [6, 6.07) is 1.65. The van der Waals surface area contributed by atoms with Crippen molar-refractivity contribution in [3.05, 3.63) is 29.8 Å². The van der Waals surface area contributed by atoms with Gasteiger partial charge in [-0.3, -0.25) is 4.98 Å². The van der Waals surface area contributed by atoms with E-state index in [2.05, 4.69) is 10.3 Å². The summed E-state index contributed by atoms with van der Waals surface area (Å²) in [4.78, 5) is 3.65. The van der Waals surface area contributed by atoms with Crippen LogP contribution in [0.15, 0.2) is 18.5 Å². The third-order valence-electron chi connectivity index (χ3n) is 1.49. The maximum Gasteiger partial charge on any atom is 0.145 e. The number of hydrogen-bond acceptors (Lipinski definition) is 3. The largest absolute Gasteiger partial charge is 0.329 e. The van der Waals surface area contributed by atoms with Gasteiger partial charge in [0.15, 0.2) is 0 Å². The topological polar surface area (TPSA) is 50.9 Å². The zero-order valence-electron chi connectivity index (χ0n) is 6.76. The quantitative estimate of drug-likeness (QED) is 0.636. The van der Waals surface area contributed by atoms with Crippen LogP contribution in [0.3, 0.4) is 0 Å². The van der Waals surface area contributed by atoms with Crippen molar-refractivity contribution >= 4 is 0 Å². The predicted octanol–water partition coefficient (Wildman–Crippen LogP) is 0.269. The van der Waals surface area contributed by atoms with Crippen LogP contribution in [0.25, 0.3) is 0 Å². The van der Waals surface area contributed by atoms with Crippen LogP contribution in [-0.2, 0) is 6.54 Å². The van der Waals surface area contributed by atoms with Gasteiger partial charge in [0.2, 0.25) is 0 Å². The van der Waals surface area contributed by atoms with Gasteiger partial charge < -0.3 is 11.1 Å². The van der Waals surface area contributed by atoms with Gasteiger partial charge in [-0.25, -0.2) is 4.39 Å². The maximum absolute atomic E-state index is 12.9. The lowest BCUT2D eigenvalue weighted by Crippen LogP contribution is -2.22. The van der Waals surface area contributed by atoms with Crippen molar-refractivity contribution in [3.63, 3.8) is 0 Å². The van der Waals surface area contributed by atoms with Crippen LogP contribution in [-0.4, -0.2) is 18.1 Å². The standard InChI is InChI=1S/C8H12FN3/c9-8-6-11-3-1-7(8)5-12-4-2-10/h1,3,6,12H,2,4-5,10H2. The summed E-state index contributed by atoms with van der Waals surface area (Å²) in [5.41, 5.74) is 5.89. The lowest BCUT2D eigenvalue weighted by Gasteiger charge is -2.02. The Bertz CT molecular complexity index is 239. The molecule has 0 aliphatic heterocycles. The van der Waals surface area contributed by atoms with Crippen LogP contribution in [0.4, 0.5) is 4.39 Å². The number of aromatic nitrogens is 1. The van der Waals surface area contributed by atoms with Gasteiger partial charge in [-0.05, 0) is 6.07 Å². The summed E-state index contributed by atoms with van der Waals surface area (Å²) < 4.78 is 12.9. The molecule has 0 fully saturated rings. The van der Waals surface area contributed by atoms with Crippen LogP contribution in [0.2, 0.25) is 0 Å². The highest BCUT2D eigenvalue weighted by atomic mass is 19.1. The molecule has 0 aromatic carbocycles. The van der Waals surface area contributed by atoms with E-state index in [0.717, 1.165) is 0 Å². The molecule has 0 amide bonds. The van der Waals surface area contributed by atoms with Gasteiger partial charge in [0.25, 0.3) is 0 Å². The van der Waals surface area contributed by atoms with Gasteiger partial charge in [0.1, 0.15) is 5.82 Å². The van der Waals surface area contributed by atoms with E-state index in [1.807, 2.05) is 0 Å². The molecule has 0 bridgehead atoms. The van der Waals surface area contributed by atoms with E-state index >= 15 is 0 Å². The highest BCUT2D eigenvalue weighted by molar-refractivity contribution is 5.11. The minimum absolute atomic E-state index is 0.276. The summed E-state index contributed by atoms with van der Waals surface area (Å²) in [5.74, 6) is -0.276. The first-order valence-corrected chi connectivity index (χ1v) is 3.83. The second-order valence-corrected chi connectivity index (χ2v) is 2.43. The lowest BCUT2D eigenvalue weighted by molar-refractivity contribution is 0.584. The molecular weight excluding hydrogens is 157 g/mol. The van der Waals surface area contributed by atoms with Gasteiger partial charge in [-0.2, -0.15) is 0 Å². The Morgan fingerprint density at radius 2 is 2.42 bits per heavy atom. The molecule has 1 aromatic rings. The molecule has 0 atom stereocenters. The molecule has 66 valence electrons. The molecule has 0 unspecified atom stereocenters. The molecule has 0 saturated heterocycles. The molecule has 1 heterocycles. The first-order valence-electron chi connectivity index (χ1n) is 3.83. The van der Waals surface area contributed by atoms with Gasteiger partial charge in [0, 0.05) is 31.4 Å². The number of nitrogens with zero attached hydrogens (tertiary/aromatic N) is 1. The van der Waals surface area contributed by atoms with Gasteiger partial charge >= 0.3 is 0 Å². The van der Waals surface area contributed by atoms with Crippen molar-refractivity contribution in [3.8, 4) is 0 Å². The van der Waals surface area contributed by atoms with E-state index in [-0.39, 0.29) is 5.82 Å². The number of halogens is 1. The van der Waals surface area contributed by atoms with E-state index in [1.54, 1.807) is 12.3 Å². The predicted molar refractivity (Wildman–Crippen MR) is 45.0 cm³/mol. The Hall–Kier alpha value is -1.00. The molecule has 1 rings (SSSR count). The van der Waals surface area contributed by atoms with Crippen LogP contribution >= 0.6 is 0 Å². The van der Waals surface area contributed by atoms with E-state index in [1.165, 1.54) is 6.20 Å². The summed E-state index contributed by atoms with van der Waals surface area (Å²) in [6.07, 6.45) is 2.78. The fraction of sp³-hybridized carbons (Fsp3) is 0.375. The third-order valence-corrected chi connectivity index (χ3v) is 1.49. The zero-order valence-corrected chi connectivity index (χ0v) is 6.76. The normalized spacial score (nSPS) is 10.2. The first kappa shape index (κ1) is 9.09. The SMILES string of the molecule is NCCNCc1ccncc1F. The molecule has 3 nitrogen and oxygen atoms in total. The molecule has 12 heavy (non-hydrogen) atoms. The summed E-state index contributed by atoms with van der Waals surface area (Å²) in [6.45, 7) is 1.76. The fourth-order valence-electron chi connectivity index (χ4n) is 0.872. The van der Waals surface area contributed by atoms with E-state index in [9.17, 15) is 4.39 Å². The van der Waals surface area contributed by atoms with Crippen molar-refractivity contribution in [1.82, 2.24) is 10.3 Å². The van der Waals surface area contributed by atoms with E-state index in [4.69, 9.17) is 5.73 Å². The van der Waals surface area contributed by atoms with Gasteiger partial charge in [0.05, 0.1) is 6.20 Å². The third kappa shape index (κ3) is 2.56. The van der Waals surface area contributed by atoms with Crippen molar-refractivity contribution in [2.45, 2.75) is 6.54 Å². The van der Waals surface area contributed by atoms with Crippen molar-refractivity contribution in [1.29, 1.82) is 0 Å². The molecule has 0 radical (unpaired) electrons. The molecule has 0 spiro atoms. The molecular formula is C8H12FN3. The minimum Gasteiger partial charge on any atom is -0.329 e.